The maximum Gasteiger partial charge on any atom is 0.188 e. The van der Waals surface area contributed by atoms with Crippen LogP contribution in [-0.4, -0.2) is 25.7 Å². The Morgan fingerprint density at radius 2 is 2.07 bits per heavy atom. The number of benzene rings is 1. The second-order valence-corrected chi connectivity index (χ2v) is 7.50. The van der Waals surface area contributed by atoms with E-state index in [9.17, 15) is 0 Å². The lowest BCUT2D eigenvalue weighted by atomic mass is 10.2. The highest BCUT2D eigenvalue weighted by atomic mass is 127. The topological polar surface area (TPSA) is 68.9 Å². The fraction of sp³-hybridized carbons (Fsp3) is 0.450. The van der Waals surface area contributed by atoms with Crippen LogP contribution in [0.1, 0.15) is 36.1 Å². The van der Waals surface area contributed by atoms with Crippen LogP contribution in [0.15, 0.2) is 40.7 Å². The van der Waals surface area contributed by atoms with Crippen molar-refractivity contribution < 1.29 is 9.47 Å². The lowest BCUT2D eigenvalue weighted by molar-refractivity contribution is 0.200. The molecule has 1 saturated carbocycles. The van der Waals surface area contributed by atoms with E-state index in [4.69, 9.17) is 15.2 Å². The SMILES string of the molecule is COc1ccc(CN=C(N)NCCc2cccs2)cc1OC1CCCC1.I. The van der Waals surface area contributed by atoms with Gasteiger partial charge in [0.15, 0.2) is 17.5 Å². The van der Waals surface area contributed by atoms with Crippen molar-refractivity contribution in [3.8, 4) is 11.5 Å². The molecule has 0 spiro atoms. The van der Waals surface area contributed by atoms with Gasteiger partial charge in [-0.25, -0.2) is 4.99 Å². The average molecular weight is 501 g/mol. The van der Waals surface area contributed by atoms with Crippen molar-refractivity contribution in [2.45, 2.75) is 44.8 Å². The van der Waals surface area contributed by atoms with E-state index in [1.807, 2.05) is 18.2 Å². The third kappa shape index (κ3) is 6.88. The molecule has 7 heteroatoms. The van der Waals surface area contributed by atoms with Crippen molar-refractivity contribution in [3.63, 3.8) is 0 Å². The van der Waals surface area contributed by atoms with Crippen molar-refractivity contribution in [3.05, 3.63) is 46.2 Å². The van der Waals surface area contributed by atoms with Crippen molar-refractivity contribution >= 4 is 41.3 Å². The number of nitrogens with zero attached hydrogens (tertiary/aromatic N) is 1. The minimum atomic E-state index is 0. The highest BCUT2D eigenvalue weighted by molar-refractivity contribution is 14.0. The molecule has 3 rings (SSSR count). The molecule has 27 heavy (non-hydrogen) atoms. The van der Waals surface area contributed by atoms with Gasteiger partial charge in [-0.15, -0.1) is 35.3 Å². The lowest BCUT2D eigenvalue weighted by Gasteiger charge is -2.16. The van der Waals surface area contributed by atoms with Crippen LogP contribution in [0.2, 0.25) is 0 Å². The molecule has 0 saturated heterocycles. The minimum Gasteiger partial charge on any atom is -0.493 e. The first-order valence-corrected chi connectivity index (χ1v) is 10.0. The summed E-state index contributed by atoms with van der Waals surface area (Å²) in [4.78, 5) is 5.77. The first-order valence-electron chi connectivity index (χ1n) is 9.14. The number of thiophene rings is 1. The molecule has 0 bridgehead atoms. The number of halogens is 1. The van der Waals surface area contributed by atoms with Gasteiger partial charge in [0.2, 0.25) is 0 Å². The van der Waals surface area contributed by atoms with Crippen molar-refractivity contribution in [2.24, 2.45) is 10.7 Å². The minimum absolute atomic E-state index is 0. The second-order valence-electron chi connectivity index (χ2n) is 6.47. The largest absolute Gasteiger partial charge is 0.493 e. The number of ether oxygens (including phenoxy) is 2. The van der Waals surface area contributed by atoms with Gasteiger partial charge in [-0.1, -0.05) is 12.1 Å². The van der Waals surface area contributed by atoms with Crippen LogP contribution in [0.4, 0.5) is 0 Å². The van der Waals surface area contributed by atoms with Gasteiger partial charge < -0.3 is 20.5 Å². The maximum absolute atomic E-state index is 6.13. The van der Waals surface area contributed by atoms with Crippen LogP contribution in [0.25, 0.3) is 0 Å². The third-order valence-electron chi connectivity index (χ3n) is 4.51. The lowest BCUT2D eigenvalue weighted by Crippen LogP contribution is -2.33. The van der Waals surface area contributed by atoms with E-state index in [2.05, 4.69) is 27.8 Å². The molecule has 0 aliphatic heterocycles. The average Bonchev–Trinajstić information content (AvgIpc) is 3.34. The first-order chi connectivity index (χ1) is 12.7. The summed E-state index contributed by atoms with van der Waals surface area (Å²) in [5.74, 6) is 2.04. The third-order valence-corrected chi connectivity index (χ3v) is 5.45. The molecule has 0 atom stereocenters. The van der Waals surface area contributed by atoms with E-state index >= 15 is 0 Å². The monoisotopic (exact) mass is 501 g/mol. The van der Waals surface area contributed by atoms with Gasteiger partial charge in [0.25, 0.3) is 0 Å². The van der Waals surface area contributed by atoms with E-state index < -0.39 is 0 Å². The first kappa shape index (κ1) is 21.8. The molecule has 1 aliphatic carbocycles. The fourth-order valence-corrected chi connectivity index (χ4v) is 3.81. The zero-order valence-electron chi connectivity index (χ0n) is 15.6. The molecule has 1 aromatic heterocycles. The molecule has 5 nitrogen and oxygen atoms in total. The van der Waals surface area contributed by atoms with E-state index in [1.54, 1.807) is 18.4 Å². The molecule has 1 aliphatic rings. The van der Waals surface area contributed by atoms with Gasteiger partial charge in [0.1, 0.15) is 0 Å². The quantitative estimate of drug-likeness (QED) is 0.321. The number of nitrogens with two attached hydrogens (primary N) is 1. The number of rotatable bonds is 8. The zero-order chi connectivity index (χ0) is 18.2. The summed E-state index contributed by atoms with van der Waals surface area (Å²) in [7, 11) is 1.67. The van der Waals surface area contributed by atoms with Gasteiger partial charge >= 0.3 is 0 Å². The molecular formula is C20H28IN3O2S. The predicted molar refractivity (Wildman–Crippen MR) is 123 cm³/mol. The van der Waals surface area contributed by atoms with E-state index in [1.165, 1.54) is 17.7 Å². The normalized spacial score (nSPS) is 14.6. The number of hydrogen-bond acceptors (Lipinski definition) is 4. The van der Waals surface area contributed by atoms with E-state index in [0.29, 0.717) is 18.6 Å². The molecule has 1 aromatic carbocycles. The summed E-state index contributed by atoms with van der Waals surface area (Å²) in [6.07, 6.45) is 5.97. The molecule has 1 heterocycles. The van der Waals surface area contributed by atoms with Gasteiger partial charge in [-0.3, -0.25) is 0 Å². The highest BCUT2D eigenvalue weighted by Gasteiger charge is 2.18. The van der Waals surface area contributed by atoms with Gasteiger partial charge in [0.05, 0.1) is 19.8 Å². The standard InChI is InChI=1S/C20H27N3O2S.HI/c1-24-18-9-8-15(13-19(18)25-16-5-2-3-6-16)14-23-20(21)22-11-10-17-7-4-12-26-17;/h4,7-9,12-13,16H,2-3,5-6,10-11,14H2,1H3,(H3,21,22,23);1H. The molecule has 0 amide bonds. The van der Waals surface area contributed by atoms with E-state index in [-0.39, 0.29) is 24.0 Å². The number of aliphatic imine (C=N–C) groups is 1. The maximum atomic E-state index is 6.13. The fourth-order valence-electron chi connectivity index (χ4n) is 3.10. The zero-order valence-corrected chi connectivity index (χ0v) is 18.8. The molecular weight excluding hydrogens is 473 g/mol. The van der Waals surface area contributed by atoms with Crippen LogP contribution >= 0.6 is 35.3 Å². The van der Waals surface area contributed by atoms with Crippen molar-refractivity contribution in [1.82, 2.24) is 5.32 Å². The number of hydrogen-bond donors (Lipinski definition) is 2. The summed E-state index contributed by atoms with van der Waals surface area (Å²) in [6, 6.07) is 10.1. The van der Waals surface area contributed by atoms with Crippen LogP contribution < -0.4 is 20.5 Å². The summed E-state index contributed by atoms with van der Waals surface area (Å²) < 4.78 is 11.6. The summed E-state index contributed by atoms with van der Waals surface area (Å²) >= 11 is 1.76. The van der Waals surface area contributed by atoms with Crippen LogP contribution in [0.3, 0.4) is 0 Å². The molecule has 0 radical (unpaired) electrons. The van der Waals surface area contributed by atoms with Gasteiger partial charge in [-0.2, -0.15) is 0 Å². The molecule has 1 fully saturated rings. The molecule has 148 valence electrons. The Morgan fingerprint density at radius 1 is 1.26 bits per heavy atom. The summed E-state index contributed by atoms with van der Waals surface area (Å²) in [5.41, 5.74) is 7.03. The predicted octanol–water partition coefficient (Wildman–Crippen LogP) is 4.34. The van der Waals surface area contributed by atoms with Crippen molar-refractivity contribution in [2.75, 3.05) is 13.7 Å². The molecule has 3 N–H and O–H groups in total. The van der Waals surface area contributed by atoms with Gasteiger partial charge in [-0.05, 0) is 61.2 Å². The smallest absolute Gasteiger partial charge is 0.188 e. The van der Waals surface area contributed by atoms with E-state index in [0.717, 1.165) is 42.9 Å². The van der Waals surface area contributed by atoms with Crippen LogP contribution in [0, 0.1) is 0 Å². The van der Waals surface area contributed by atoms with Gasteiger partial charge in [0, 0.05) is 11.4 Å². The summed E-state index contributed by atoms with van der Waals surface area (Å²) in [6.45, 7) is 1.30. The van der Waals surface area contributed by atoms with Crippen LogP contribution in [0.5, 0.6) is 11.5 Å². The van der Waals surface area contributed by atoms with Crippen molar-refractivity contribution in [1.29, 1.82) is 0 Å². The Balaban J connectivity index is 0.00000261. The summed E-state index contributed by atoms with van der Waals surface area (Å²) in [5, 5.41) is 5.25. The Bertz CT molecular complexity index is 716. The van der Waals surface area contributed by atoms with Crippen LogP contribution in [-0.2, 0) is 13.0 Å². The Kier molecular flexibility index (Phi) is 9.20. The molecule has 2 aromatic rings. The number of guanidine groups is 1. The number of methoxy groups -OCH3 is 1. The number of nitrogens with one attached hydrogen (secondary N) is 1. The Morgan fingerprint density at radius 3 is 2.78 bits per heavy atom. The molecule has 0 unspecified atom stereocenters. The Labute approximate surface area is 182 Å². The Hall–Kier alpha value is -1.48. The highest BCUT2D eigenvalue weighted by Crippen LogP contribution is 2.32. The second kappa shape index (κ2) is 11.4.